The SMILES string of the molecule is CC1CN(C)CCCN1C(=O)C1Cc2ccccc2CN1. The molecule has 0 spiro atoms. The van der Waals surface area contributed by atoms with Crippen LogP contribution in [-0.2, 0) is 17.8 Å². The minimum absolute atomic E-state index is 0.0641. The third-order valence-corrected chi connectivity index (χ3v) is 4.71. The van der Waals surface area contributed by atoms with Crippen molar-refractivity contribution in [2.75, 3.05) is 26.7 Å². The number of amides is 1. The highest BCUT2D eigenvalue weighted by Gasteiger charge is 2.31. The molecule has 0 radical (unpaired) electrons. The zero-order chi connectivity index (χ0) is 14.8. The first-order valence-corrected chi connectivity index (χ1v) is 7.94. The van der Waals surface area contributed by atoms with Gasteiger partial charge in [0.25, 0.3) is 0 Å². The molecule has 2 atom stereocenters. The first-order valence-electron chi connectivity index (χ1n) is 7.94. The molecular formula is C17H25N3O. The lowest BCUT2D eigenvalue weighted by Crippen LogP contribution is -2.53. The van der Waals surface area contributed by atoms with Gasteiger partial charge in [0, 0.05) is 25.7 Å². The molecule has 2 aliphatic rings. The molecule has 0 aliphatic carbocycles. The number of likely N-dealkylation sites (N-methyl/N-ethyl adjacent to an activating group) is 1. The van der Waals surface area contributed by atoms with E-state index in [4.69, 9.17) is 0 Å². The Labute approximate surface area is 127 Å². The van der Waals surface area contributed by atoms with Crippen molar-refractivity contribution in [3.8, 4) is 0 Å². The van der Waals surface area contributed by atoms with Gasteiger partial charge in [-0.15, -0.1) is 0 Å². The molecule has 0 saturated carbocycles. The predicted octanol–water partition coefficient (Wildman–Crippen LogP) is 1.25. The fraction of sp³-hybridized carbons (Fsp3) is 0.588. The Morgan fingerprint density at radius 1 is 1.24 bits per heavy atom. The summed E-state index contributed by atoms with van der Waals surface area (Å²) in [6.07, 6.45) is 1.88. The van der Waals surface area contributed by atoms with Gasteiger partial charge in [-0.25, -0.2) is 0 Å². The summed E-state index contributed by atoms with van der Waals surface area (Å²) in [5.41, 5.74) is 2.64. The van der Waals surface area contributed by atoms with Crippen molar-refractivity contribution in [1.82, 2.24) is 15.1 Å². The van der Waals surface area contributed by atoms with Gasteiger partial charge in [-0.05, 0) is 44.5 Å². The number of nitrogens with one attached hydrogen (secondary N) is 1. The van der Waals surface area contributed by atoms with Crippen LogP contribution in [-0.4, -0.2) is 54.5 Å². The summed E-state index contributed by atoms with van der Waals surface area (Å²) >= 11 is 0. The zero-order valence-corrected chi connectivity index (χ0v) is 13.0. The predicted molar refractivity (Wildman–Crippen MR) is 84.1 cm³/mol. The number of benzene rings is 1. The maximum atomic E-state index is 12.9. The van der Waals surface area contributed by atoms with Crippen molar-refractivity contribution in [3.63, 3.8) is 0 Å². The van der Waals surface area contributed by atoms with Crippen molar-refractivity contribution < 1.29 is 4.79 Å². The number of carbonyl (C=O) groups excluding carboxylic acids is 1. The third-order valence-electron chi connectivity index (χ3n) is 4.71. The van der Waals surface area contributed by atoms with Gasteiger partial charge in [0.15, 0.2) is 0 Å². The molecule has 2 heterocycles. The number of carbonyl (C=O) groups is 1. The van der Waals surface area contributed by atoms with Crippen LogP contribution in [0.15, 0.2) is 24.3 Å². The van der Waals surface area contributed by atoms with Crippen LogP contribution in [0.5, 0.6) is 0 Å². The minimum Gasteiger partial charge on any atom is -0.337 e. The van der Waals surface area contributed by atoms with Crippen LogP contribution in [0.4, 0.5) is 0 Å². The standard InChI is InChI=1S/C17H25N3O/c1-13-12-19(2)8-5-9-20(13)17(21)16-10-14-6-3-4-7-15(14)11-18-16/h3-4,6-7,13,16,18H,5,8-12H2,1-2H3. The van der Waals surface area contributed by atoms with Crippen LogP contribution < -0.4 is 5.32 Å². The smallest absolute Gasteiger partial charge is 0.240 e. The van der Waals surface area contributed by atoms with Gasteiger partial charge in [0.1, 0.15) is 0 Å². The minimum atomic E-state index is -0.0641. The molecule has 3 rings (SSSR count). The van der Waals surface area contributed by atoms with Gasteiger partial charge in [0.05, 0.1) is 6.04 Å². The van der Waals surface area contributed by atoms with E-state index in [2.05, 4.69) is 53.4 Å². The summed E-state index contributed by atoms with van der Waals surface area (Å²) < 4.78 is 0. The highest BCUT2D eigenvalue weighted by Crippen LogP contribution is 2.19. The molecule has 1 amide bonds. The van der Waals surface area contributed by atoms with Crippen molar-refractivity contribution in [2.45, 2.75) is 38.4 Å². The second-order valence-corrected chi connectivity index (χ2v) is 6.40. The fourth-order valence-electron chi connectivity index (χ4n) is 3.53. The Morgan fingerprint density at radius 3 is 2.81 bits per heavy atom. The Morgan fingerprint density at radius 2 is 2.00 bits per heavy atom. The first-order chi connectivity index (χ1) is 10.1. The van der Waals surface area contributed by atoms with E-state index in [0.717, 1.165) is 39.0 Å². The van der Waals surface area contributed by atoms with Crippen LogP contribution in [0, 0.1) is 0 Å². The van der Waals surface area contributed by atoms with E-state index in [1.54, 1.807) is 0 Å². The van der Waals surface area contributed by atoms with Crippen molar-refractivity contribution in [3.05, 3.63) is 35.4 Å². The van der Waals surface area contributed by atoms with Crippen LogP contribution in [0.2, 0.25) is 0 Å². The largest absolute Gasteiger partial charge is 0.337 e. The van der Waals surface area contributed by atoms with E-state index in [1.165, 1.54) is 11.1 Å². The van der Waals surface area contributed by atoms with E-state index in [1.807, 2.05) is 0 Å². The van der Waals surface area contributed by atoms with Crippen molar-refractivity contribution >= 4 is 5.91 Å². The summed E-state index contributed by atoms with van der Waals surface area (Å²) in [6.45, 7) is 5.89. The molecule has 1 fully saturated rings. The molecule has 4 heteroatoms. The summed E-state index contributed by atoms with van der Waals surface area (Å²) in [5.74, 6) is 0.271. The molecule has 4 nitrogen and oxygen atoms in total. The Balaban J connectivity index is 1.71. The average molecular weight is 287 g/mol. The van der Waals surface area contributed by atoms with Crippen molar-refractivity contribution in [2.24, 2.45) is 0 Å². The molecule has 0 aromatic heterocycles. The molecule has 1 N–H and O–H groups in total. The lowest BCUT2D eigenvalue weighted by molar-refractivity contribution is -0.135. The number of fused-ring (bicyclic) bond motifs is 1. The molecule has 0 bridgehead atoms. The molecule has 114 valence electrons. The molecule has 2 aliphatic heterocycles. The maximum Gasteiger partial charge on any atom is 0.240 e. The van der Waals surface area contributed by atoms with E-state index in [-0.39, 0.29) is 11.9 Å². The molecule has 2 unspecified atom stereocenters. The summed E-state index contributed by atoms with van der Waals surface area (Å²) in [7, 11) is 2.14. The third kappa shape index (κ3) is 3.11. The van der Waals surface area contributed by atoms with E-state index in [0.29, 0.717) is 6.04 Å². The van der Waals surface area contributed by atoms with Crippen LogP contribution in [0.3, 0.4) is 0 Å². The second-order valence-electron chi connectivity index (χ2n) is 6.40. The molecule has 21 heavy (non-hydrogen) atoms. The zero-order valence-electron chi connectivity index (χ0n) is 13.0. The van der Waals surface area contributed by atoms with Gasteiger partial charge >= 0.3 is 0 Å². The quantitative estimate of drug-likeness (QED) is 0.844. The average Bonchev–Trinajstić information content (AvgIpc) is 2.66. The number of hydrogen-bond acceptors (Lipinski definition) is 3. The Bertz CT molecular complexity index is 517. The Kier molecular flexibility index (Phi) is 4.27. The van der Waals surface area contributed by atoms with Gasteiger partial charge in [-0.3, -0.25) is 4.79 Å². The van der Waals surface area contributed by atoms with Gasteiger partial charge in [-0.2, -0.15) is 0 Å². The Hall–Kier alpha value is -1.39. The lowest BCUT2D eigenvalue weighted by atomic mass is 9.95. The lowest BCUT2D eigenvalue weighted by Gasteiger charge is -2.34. The summed E-state index contributed by atoms with van der Waals surface area (Å²) in [4.78, 5) is 17.3. The maximum absolute atomic E-state index is 12.9. The van der Waals surface area contributed by atoms with E-state index < -0.39 is 0 Å². The van der Waals surface area contributed by atoms with Crippen molar-refractivity contribution in [1.29, 1.82) is 0 Å². The molecular weight excluding hydrogens is 262 g/mol. The van der Waals surface area contributed by atoms with E-state index in [9.17, 15) is 4.79 Å². The highest BCUT2D eigenvalue weighted by molar-refractivity contribution is 5.83. The number of rotatable bonds is 1. The number of hydrogen-bond donors (Lipinski definition) is 1. The first kappa shape index (κ1) is 14.5. The van der Waals surface area contributed by atoms with Gasteiger partial charge in [0.2, 0.25) is 5.91 Å². The monoisotopic (exact) mass is 287 g/mol. The molecule has 1 saturated heterocycles. The molecule has 1 aromatic carbocycles. The fourth-order valence-corrected chi connectivity index (χ4v) is 3.53. The van der Waals surface area contributed by atoms with Gasteiger partial charge in [-0.1, -0.05) is 24.3 Å². The van der Waals surface area contributed by atoms with E-state index >= 15 is 0 Å². The van der Waals surface area contributed by atoms with Gasteiger partial charge < -0.3 is 15.1 Å². The highest BCUT2D eigenvalue weighted by atomic mass is 16.2. The molecule has 1 aromatic rings. The second kappa shape index (κ2) is 6.16. The normalized spacial score (nSPS) is 27.0. The van der Waals surface area contributed by atoms with Crippen LogP contribution in [0.25, 0.3) is 0 Å². The number of nitrogens with zero attached hydrogens (tertiary/aromatic N) is 2. The summed E-state index contributed by atoms with van der Waals surface area (Å²) in [6, 6.07) is 8.66. The summed E-state index contributed by atoms with van der Waals surface area (Å²) in [5, 5.41) is 3.42. The van der Waals surface area contributed by atoms with Crippen LogP contribution >= 0.6 is 0 Å². The topological polar surface area (TPSA) is 35.6 Å². The van der Waals surface area contributed by atoms with Crippen LogP contribution in [0.1, 0.15) is 24.5 Å².